The molecule has 3 fully saturated rings. The Bertz CT molecular complexity index is 1630. The van der Waals surface area contributed by atoms with Crippen molar-refractivity contribution in [1.29, 1.82) is 0 Å². The molecule has 1 amide bonds. The van der Waals surface area contributed by atoms with E-state index in [1.165, 1.54) is 212 Å². The molecule has 17 atom stereocenters. The van der Waals surface area contributed by atoms with Crippen molar-refractivity contribution in [1.82, 2.24) is 5.32 Å². The predicted molar refractivity (Wildman–Crippen MR) is 337 cm³/mol. The normalized spacial score (nSPS) is 28.6. The largest absolute Gasteiger partial charge is 0.394 e. The summed E-state index contributed by atoms with van der Waals surface area (Å²) in [6, 6.07) is -0.967. The zero-order chi connectivity index (χ0) is 63.3. The summed E-state index contributed by atoms with van der Waals surface area (Å²) in [6.45, 7) is 1.72. The third kappa shape index (κ3) is 33.3. The van der Waals surface area contributed by atoms with Crippen molar-refractivity contribution in [3.05, 3.63) is 12.2 Å². The Morgan fingerprint density at radius 1 is 0.402 bits per heavy atom. The van der Waals surface area contributed by atoms with Crippen molar-refractivity contribution in [3.8, 4) is 0 Å². The van der Waals surface area contributed by atoms with Gasteiger partial charge in [-0.2, -0.15) is 0 Å². The molecule has 3 aliphatic rings. The van der Waals surface area contributed by atoms with Crippen LogP contribution < -0.4 is 5.32 Å². The number of aliphatic hydroxyl groups is 11. The number of allylic oxidation sites excluding steroid dienone is 1. The van der Waals surface area contributed by atoms with Gasteiger partial charge in [-0.1, -0.05) is 270 Å². The quantitative estimate of drug-likeness (QED) is 0.0199. The number of amides is 1. The van der Waals surface area contributed by atoms with E-state index in [9.17, 15) is 61.0 Å². The number of nitrogens with one attached hydrogen (secondary N) is 1. The third-order valence-corrected chi connectivity index (χ3v) is 18.1. The number of rotatable bonds is 55. The highest BCUT2D eigenvalue weighted by molar-refractivity contribution is 5.76. The Hall–Kier alpha value is -1.47. The molecule has 12 N–H and O–H groups in total. The Balaban J connectivity index is 1.33. The van der Waals surface area contributed by atoms with Gasteiger partial charge in [-0.3, -0.25) is 4.79 Å². The minimum atomic E-state index is -1.97. The Labute approximate surface area is 525 Å². The SMILES string of the molecule is CCCCCCCCCCCCCCCCCCCCCCCCCCCCCCCCC/C=C/C(O)C(COC1OC(CO)C(OC2OC(CO)C(OC3OC(CO)C(O)C(O)C3O)C(O)C2O)C(O)C1O)NC(=O)CCCCCCCCCCC. The van der Waals surface area contributed by atoms with Crippen molar-refractivity contribution < 1.29 is 89.4 Å². The lowest BCUT2D eigenvalue weighted by Crippen LogP contribution is -2.66. The maximum Gasteiger partial charge on any atom is 0.220 e. The molecule has 514 valence electrons. The van der Waals surface area contributed by atoms with Crippen LogP contribution in [0.15, 0.2) is 12.2 Å². The molecule has 0 aromatic rings. The maximum absolute atomic E-state index is 13.3. The van der Waals surface area contributed by atoms with E-state index in [2.05, 4.69) is 19.2 Å². The van der Waals surface area contributed by atoms with Gasteiger partial charge in [0.05, 0.1) is 38.6 Å². The van der Waals surface area contributed by atoms with E-state index in [-0.39, 0.29) is 18.9 Å². The summed E-state index contributed by atoms with van der Waals surface area (Å²) in [5, 5.41) is 120. The molecule has 19 heteroatoms. The molecule has 0 radical (unpaired) electrons. The highest BCUT2D eigenvalue weighted by atomic mass is 16.8. The first kappa shape index (κ1) is 79.8. The molecule has 0 aromatic carbocycles. The molecular weight excluding hydrogens is 1120 g/mol. The molecule has 87 heavy (non-hydrogen) atoms. The van der Waals surface area contributed by atoms with Gasteiger partial charge in [-0.05, 0) is 19.3 Å². The van der Waals surface area contributed by atoms with E-state index in [1.54, 1.807) is 6.08 Å². The van der Waals surface area contributed by atoms with Gasteiger partial charge in [0, 0.05) is 6.42 Å². The Morgan fingerprint density at radius 3 is 1.08 bits per heavy atom. The van der Waals surface area contributed by atoms with Gasteiger partial charge in [-0.15, -0.1) is 0 Å². The summed E-state index contributed by atoms with van der Waals surface area (Å²) in [6.07, 6.45) is 29.6. The minimum absolute atomic E-state index is 0.247. The third-order valence-electron chi connectivity index (χ3n) is 18.1. The highest BCUT2D eigenvalue weighted by Gasteiger charge is 2.53. The maximum atomic E-state index is 13.3. The van der Waals surface area contributed by atoms with Gasteiger partial charge in [0.25, 0.3) is 0 Å². The fraction of sp³-hybridized carbons (Fsp3) is 0.956. The van der Waals surface area contributed by atoms with Crippen LogP contribution in [0.4, 0.5) is 0 Å². The van der Waals surface area contributed by atoms with E-state index < -0.39 is 124 Å². The van der Waals surface area contributed by atoms with Gasteiger partial charge in [-0.25, -0.2) is 0 Å². The lowest BCUT2D eigenvalue weighted by atomic mass is 9.96. The van der Waals surface area contributed by atoms with E-state index in [4.69, 9.17) is 28.4 Å². The summed E-state index contributed by atoms with van der Waals surface area (Å²) in [5.74, 6) is -0.276. The van der Waals surface area contributed by atoms with E-state index in [0.29, 0.717) is 6.42 Å². The second-order valence-electron chi connectivity index (χ2n) is 25.7. The van der Waals surface area contributed by atoms with E-state index in [0.717, 1.165) is 44.9 Å². The van der Waals surface area contributed by atoms with Crippen molar-refractivity contribution in [2.45, 2.75) is 388 Å². The van der Waals surface area contributed by atoms with Crippen LogP contribution in [0, 0.1) is 0 Å². The van der Waals surface area contributed by atoms with Crippen molar-refractivity contribution in [2.75, 3.05) is 26.4 Å². The number of carbonyl (C=O) groups excluding carboxylic acids is 1. The standard InChI is InChI=1S/C68H129NO18/c1-3-5-7-9-11-13-14-15-16-17-18-19-20-21-22-23-24-25-26-27-28-29-30-31-32-33-34-35-36-38-39-41-43-45-52(73)51(69-56(74)46-44-42-40-37-12-10-8-6-4-2)50-82-66-62(80)59(77)64(54(48-71)84-66)87-68-63(81)60(78)65(55(49-72)85-68)86-67-61(79)58(76)57(75)53(47-70)83-67/h43,45,51-55,57-68,70-73,75-81H,3-42,44,46-50H2,1-2H3,(H,69,74)/b45-43+. The summed E-state index contributed by atoms with van der Waals surface area (Å²) < 4.78 is 34.3. The van der Waals surface area contributed by atoms with Gasteiger partial charge >= 0.3 is 0 Å². The number of hydrogen-bond acceptors (Lipinski definition) is 18. The molecule has 19 nitrogen and oxygen atoms in total. The fourth-order valence-corrected chi connectivity index (χ4v) is 12.3. The monoisotopic (exact) mass is 1250 g/mol. The molecule has 0 aromatic heterocycles. The molecule has 3 heterocycles. The first-order valence-electron chi connectivity index (χ1n) is 35.4. The Kier molecular flexibility index (Phi) is 46.8. The fourth-order valence-electron chi connectivity index (χ4n) is 12.3. The Morgan fingerprint density at radius 2 is 0.713 bits per heavy atom. The molecule has 0 saturated carbocycles. The molecule has 0 spiro atoms. The summed E-state index contributed by atoms with van der Waals surface area (Å²) in [5.41, 5.74) is 0. The lowest BCUT2D eigenvalue weighted by molar-refractivity contribution is -0.379. The summed E-state index contributed by atoms with van der Waals surface area (Å²) in [7, 11) is 0. The van der Waals surface area contributed by atoms with Crippen molar-refractivity contribution in [2.24, 2.45) is 0 Å². The number of ether oxygens (including phenoxy) is 6. The molecule has 3 aliphatic heterocycles. The molecule has 3 rings (SSSR count). The second kappa shape index (κ2) is 51.0. The zero-order valence-electron chi connectivity index (χ0n) is 54.3. The van der Waals surface area contributed by atoms with Crippen molar-refractivity contribution >= 4 is 5.91 Å². The topological polar surface area (TPSA) is 307 Å². The average molecular weight is 1250 g/mol. The van der Waals surface area contributed by atoms with Crippen LogP contribution >= 0.6 is 0 Å². The first-order chi connectivity index (χ1) is 42.3. The number of hydrogen-bond donors (Lipinski definition) is 12. The van der Waals surface area contributed by atoms with Crippen LogP contribution in [0.2, 0.25) is 0 Å². The smallest absolute Gasteiger partial charge is 0.220 e. The van der Waals surface area contributed by atoms with E-state index >= 15 is 0 Å². The highest BCUT2D eigenvalue weighted by Crippen LogP contribution is 2.33. The zero-order valence-corrected chi connectivity index (χ0v) is 54.3. The summed E-state index contributed by atoms with van der Waals surface area (Å²) in [4.78, 5) is 13.3. The number of unbranched alkanes of at least 4 members (excludes halogenated alkanes) is 39. The minimum Gasteiger partial charge on any atom is -0.394 e. The van der Waals surface area contributed by atoms with Crippen molar-refractivity contribution in [3.63, 3.8) is 0 Å². The molecule has 0 aliphatic carbocycles. The van der Waals surface area contributed by atoms with Crippen LogP contribution in [0.25, 0.3) is 0 Å². The van der Waals surface area contributed by atoms with Crippen LogP contribution in [-0.4, -0.2) is 193 Å². The van der Waals surface area contributed by atoms with Crippen LogP contribution in [-0.2, 0) is 33.2 Å². The number of aliphatic hydroxyl groups excluding tert-OH is 11. The first-order valence-corrected chi connectivity index (χ1v) is 35.4. The van der Waals surface area contributed by atoms with Gasteiger partial charge in [0.1, 0.15) is 73.2 Å². The van der Waals surface area contributed by atoms with Gasteiger partial charge in [0.2, 0.25) is 5.91 Å². The van der Waals surface area contributed by atoms with Crippen LogP contribution in [0.5, 0.6) is 0 Å². The molecule has 17 unspecified atom stereocenters. The van der Waals surface area contributed by atoms with Gasteiger partial charge in [0.15, 0.2) is 18.9 Å². The van der Waals surface area contributed by atoms with Crippen LogP contribution in [0.1, 0.15) is 284 Å². The average Bonchev–Trinajstić information content (AvgIpc) is 3.65. The molecule has 0 bridgehead atoms. The summed E-state index contributed by atoms with van der Waals surface area (Å²) >= 11 is 0. The van der Waals surface area contributed by atoms with Gasteiger partial charge < -0.3 is 89.9 Å². The van der Waals surface area contributed by atoms with E-state index in [1.807, 2.05) is 6.08 Å². The second-order valence-corrected chi connectivity index (χ2v) is 25.7. The molecule has 3 saturated heterocycles. The lowest BCUT2D eigenvalue weighted by Gasteiger charge is -2.48. The van der Waals surface area contributed by atoms with Crippen LogP contribution in [0.3, 0.4) is 0 Å². The predicted octanol–water partition coefficient (Wildman–Crippen LogP) is 9.28. The number of carbonyl (C=O) groups is 1. The molecular formula is C68H129NO18.